The molecule has 0 heterocycles. The van der Waals surface area contributed by atoms with Crippen molar-refractivity contribution in [2.45, 2.75) is 0 Å². The molecule has 1 heteroatoms. The van der Waals surface area contributed by atoms with Crippen molar-refractivity contribution in [3.05, 3.63) is 78.2 Å². The Hall–Kier alpha value is -1.17. The van der Waals surface area contributed by atoms with E-state index in [4.69, 9.17) is 0 Å². The zero-order chi connectivity index (χ0) is 8.93. The molecule has 0 fully saturated rings. The van der Waals surface area contributed by atoms with E-state index in [1.54, 1.807) is 0 Å². The molecule has 0 unspecified atom stereocenters. The topological polar surface area (TPSA) is 0 Å². The third kappa shape index (κ3) is 2.95. The van der Waals surface area contributed by atoms with E-state index in [1.165, 1.54) is 11.1 Å². The zero-order valence-corrected chi connectivity index (χ0v) is 8.59. The van der Waals surface area contributed by atoms with Gasteiger partial charge in [0, 0.05) is 0 Å². The molecule has 0 spiro atoms. The van der Waals surface area contributed by atoms with Gasteiger partial charge in [-0.15, -0.1) is 41.8 Å². The summed E-state index contributed by atoms with van der Waals surface area (Å²) in [5.41, 5.74) is 2.49. The summed E-state index contributed by atoms with van der Waals surface area (Å²) in [7, 11) is 0. The largest absolute Gasteiger partial charge is 1.00 e. The summed E-state index contributed by atoms with van der Waals surface area (Å²) in [4.78, 5) is 0. The van der Waals surface area contributed by atoms with Gasteiger partial charge in [0.1, 0.15) is 0 Å². The summed E-state index contributed by atoms with van der Waals surface area (Å²) >= 11 is 0. The Balaban J connectivity index is 0.000000980. The molecule has 0 nitrogen and oxygen atoms in total. The van der Waals surface area contributed by atoms with E-state index >= 15 is 0 Å². The molecule has 0 aliphatic carbocycles. The molecule has 0 aliphatic heterocycles. The van der Waals surface area contributed by atoms with Crippen LogP contribution in [0.2, 0.25) is 0 Å². The van der Waals surface area contributed by atoms with Crippen LogP contribution in [0.3, 0.4) is 0 Å². The first-order valence-corrected chi connectivity index (χ1v) is 4.40. The molecular formula is C13H11Cu. The van der Waals surface area contributed by atoms with Gasteiger partial charge in [-0.25, -0.2) is 0 Å². The molecule has 0 atom stereocenters. The summed E-state index contributed by atoms with van der Waals surface area (Å²) in [6.45, 7) is 0. The third-order valence-electron chi connectivity index (χ3n) is 1.93. The molecule has 0 N–H and O–H groups in total. The Bertz CT molecular complexity index is 316. The molecule has 0 aliphatic rings. The average Bonchev–Trinajstić information content (AvgIpc) is 2.21. The Morgan fingerprint density at radius 2 is 0.929 bits per heavy atom. The molecule has 0 amide bonds. The molecule has 2 rings (SSSR count). The standard InChI is InChI=1S/C13H11.Cu/c1-3-7-12(8-4-1)11-13-9-5-2-6-10-13;/h1-11H;/q-1;+1. The van der Waals surface area contributed by atoms with Gasteiger partial charge in [-0.1, -0.05) is 36.4 Å². The number of benzene rings is 2. The van der Waals surface area contributed by atoms with Crippen molar-refractivity contribution in [3.8, 4) is 0 Å². The molecule has 2 aromatic carbocycles. The van der Waals surface area contributed by atoms with Gasteiger partial charge in [0.2, 0.25) is 0 Å². The first-order valence-electron chi connectivity index (χ1n) is 4.40. The van der Waals surface area contributed by atoms with Crippen molar-refractivity contribution >= 4 is 0 Å². The summed E-state index contributed by atoms with van der Waals surface area (Å²) in [5, 5.41) is 0. The molecule has 14 heavy (non-hydrogen) atoms. The molecule has 0 aromatic heterocycles. The summed E-state index contributed by atoms with van der Waals surface area (Å²) in [6, 6.07) is 20.7. The maximum absolute atomic E-state index is 2.17. The minimum atomic E-state index is 0. The maximum Gasteiger partial charge on any atom is 1.00 e. The van der Waals surface area contributed by atoms with Crippen LogP contribution in [-0.4, -0.2) is 0 Å². The van der Waals surface area contributed by atoms with Gasteiger partial charge in [-0.05, 0) is 0 Å². The second-order valence-corrected chi connectivity index (χ2v) is 2.97. The van der Waals surface area contributed by atoms with Crippen LogP contribution in [0.5, 0.6) is 0 Å². The molecule has 0 bridgehead atoms. The minimum absolute atomic E-state index is 0. The molecule has 0 saturated carbocycles. The predicted octanol–water partition coefficient (Wildman–Crippen LogP) is 3.28. The van der Waals surface area contributed by atoms with Gasteiger partial charge < -0.3 is 0 Å². The first kappa shape index (κ1) is 10.9. The number of hydrogen-bond acceptors (Lipinski definition) is 0. The first-order chi connectivity index (χ1) is 6.45. The van der Waals surface area contributed by atoms with Crippen molar-refractivity contribution < 1.29 is 17.1 Å². The SMILES string of the molecule is [Cu+].c1ccc([CH-]c2ccccc2)cc1. The second kappa shape index (κ2) is 5.54. The van der Waals surface area contributed by atoms with Crippen LogP contribution in [0.4, 0.5) is 0 Å². The fraction of sp³-hybridized carbons (Fsp3) is 0. The fourth-order valence-electron chi connectivity index (χ4n) is 1.29. The van der Waals surface area contributed by atoms with E-state index in [9.17, 15) is 0 Å². The summed E-state index contributed by atoms with van der Waals surface area (Å²) in [5.74, 6) is 0. The van der Waals surface area contributed by atoms with Crippen molar-refractivity contribution in [3.63, 3.8) is 0 Å². The van der Waals surface area contributed by atoms with Gasteiger partial charge in [-0.3, -0.25) is 0 Å². The molecule has 0 radical (unpaired) electrons. The van der Waals surface area contributed by atoms with Crippen molar-refractivity contribution in [1.29, 1.82) is 0 Å². The van der Waals surface area contributed by atoms with Crippen LogP contribution in [0.15, 0.2) is 60.7 Å². The summed E-state index contributed by atoms with van der Waals surface area (Å²) < 4.78 is 0. The zero-order valence-electron chi connectivity index (χ0n) is 7.65. The van der Waals surface area contributed by atoms with Crippen molar-refractivity contribution in [1.82, 2.24) is 0 Å². The monoisotopic (exact) mass is 230 g/mol. The van der Waals surface area contributed by atoms with Crippen LogP contribution < -0.4 is 0 Å². The van der Waals surface area contributed by atoms with E-state index in [0.717, 1.165) is 0 Å². The van der Waals surface area contributed by atoms with Gasteiger partial charge in [0.05, 0.1) is 0 Å². The molecule has 0 saturated heterocycles. The normalized spacial score (nSPS) is 8.86. The second-order valence-electron chi connectivity index (χ2n) is 2.97. The van der Waals surface area contributed by atoms with E-state index in [-0.39, 0.29) is 17.1 Å². The van der Waals surface area contributed by atoms with E-state index in [0.29, 0.717) is 0 Å². The minimum Gasteiger partial charge on any atom is -0.126 e. The third-order valence-corrected chi connectivity index (χ3v) is 1.93. The van der Waals surface area contributed by atoms with E-state index in [1.807, 2.05) is 12.1 Å². The molecule has 2 aromatic rings. The fourth-order valence-corrected chi connectivity index (χ4v) is 1.29. The average molecular weight is 231 g/mol. The summed E-state index contributed by atoms with van der Waals surface area (Å²) in [6.07, 6.45) is 2.17. The van der Waals surface area contributed by atoms with Crippen LogP contribution in [0, 0.1) is 6.42 Å². The van der Waals surface area contributed by atoms with Crippen LogP contribution in [0.25, 0.3) is 0 Å². The van der Waals surface area contributed by atoms with Gasteiger partial charge in [-0.2, -0.15) is 0 Å². The van der Waals surface area contributed by atoms with Crippen molar-refractivity contribution in [2.75, 3.05) is 0 Å². The Morgan fingerprint density at radius 1 is 0.571 bits per heavy atom. The van der Waals surface area contributed by atoms with E-state index < -0.39 is 0 Å². The molecule has 74 valence electrons. The quantitative estimate of drug-likeness (QED) is 0.549. The molecular weight excluding hydrogens is 220 g/mol. The Labute approximate surface area is 95.4 Å². The Morgan fingerprint density at radius 3 is 1.29 bits per heavy atom. The number of hydrogen-bond donors (Lipinski definition) is 0. The van der Waals surface area contributed by atoms with Gasteiger partial charge in [0.15, 0.2) is 0 Å². The predicted molar refractivity (Wildman–Crippen MR) is 55.4 cm³/mol. The number of rotatable bonds is 2. The van der Waals surface area contributed by atoms with Crippen LogP contribution >= 0.6 is 0 Å². The van der Waals surface area contributed by atoms with Crippen LogP contribution in [-0.2, 0) is 17.1 Å². The Kier molecular flexibility index (Phi) is 4.31. The smallest absolute Gasteiger partial charge is 0.126 e. The van der Waals surface area contributed by atoms with E-state index in [2.05, 4.69) is 55.0 Å². The maximum atomic E-state index is 2.17. The van der Waals surface area contributed by atoms with Gasteiger partial charge in [0.25, 0.3) is 0 Å². The van der Waals surface area contributed by atoms with Crippen LogP contribution in [0.1, 0.15) is 11.1 Å². The van der Waals surface area contributed by atoms with Crippen molar-refractivity contribution in [2.24, 2.45) is 0 Å². The van der Waals surface area contributed by atoms with Gasteiger partial charge >= 0.3 is 17.1 Å².